The first-order valence-electron chi connectivity index (χ1n) is 25.6. The zero-order chi connectivity index (χ0) is 46.3. The Morgan fingerprint density at radius 3 is 2.46 bits per heavy atom. The molecule has 2 heterocycles. The second kappa shape index (κ2) is 15.2. The third-order valence-electron chi connectivity index (χ3n) is 20.8. The molecule has 2 aliphatic heterocycles. The van der Waals surface area contributed by atoms with Crippen molar-refractivity contribution in [3.63, 3.8) is 0 Å². The van der Waals surface area contributed by atoms with E-state index in [1.807, 2.05) is 38.2 Å². The van der Waals surface area contributed by atoms with Crippen LogP contribution in [-0.2, 0) is 26.3 Å². The lowest BCUT2D eigenvalue weighted by atomic mass is 9.31. The van der Waals surface area contributed by atoms with Crippen molar-refractivity contribution in [1.82, 2.24) is 10.6 Å². The molecule has 354 valence electrons. The molecule has 5 bridgehead atoms. The number of benzene rings is 2. The van der Waals surface area contributed by atoms with E-state index in [9.17, 15) is 20.1 Å². The Bertz CT molecular complexity index is 2310. The van der Waals surface area contributed by atoms with Gasteiger partial charge < -0.3 is 36.4 Å². The van der Waals surface area contributed by atoms with Gasteiger partial charge in [0.1, 0.15) is 17.6 Å². The zero-order valence-corrected chi connectivity index (χ0v) is 40.7. The average Bonchev–Trinajstić information content (AvgIpc) is 3.58. The normalized spacial score (nSPS) is 45.5. The van der Waals surface area contributed by atoms with E-state index in [0.717, 1.165) is 86.6 Å². The topological polar surface area (TPSA) is 157 Å². The van der Waals surface area contributed by atoms with Gasteiger partial charge in [-0.3, -0.25) is 9.59 Å². The van der Waals surface area contributed by atoms with Crippen molar-refractivity contribution in [2.75, 3.05) is 19.3 Å². The van der Waals surface area contributed by atoms with Crippen molar-refractivity contribution in [2.45, 2.75) is 192 Å². The molecular formula is C56H79N3O6. The second-order valence-electron chi connectivity index (χ2n) is 24.8. The first kappa shape index (κ1) is 45.7. The summed E-state index contributed by atoms with van der Waals surface area (Å²) in [6.45, 7) is 17.1. The Balaban J connectivity index is 1.01. The number of fused-ring (bicyclic) bond motifs is 4. The maximum atomic E-state index is 15.9. The van der Waals surface area contributed by atoms with Crippen LogP contribution in [0.1, 0.15) is 167 Å². The number of anilines is 1. The number of β-amino-alcohol motifs (C(OH)–C–C–N with tert-alkyl or cyclic N) is 1. The van der Waals surface area contributed by atoms with E-state index in [1.165, 1.54) is 11.1 Å². The molecule has 7 N–H and O–H groups in total. The molecule has 7 aliphatic carbocycles. The van der Waals surface area contributed by atoms with E-state index >= 15 is 4.79 Å². The number of hydrogen-bond donors (Lipinski definition) is 6. The number of ether oxygens (including phenoxy) is 1. The molecule has 9 heteroatoms. The van der Waals surface area contributed by atoms with Crippen molar-refractivity contribution in [1.29, 1.82) is 0 Å². The number of carbonyl (C=O) groups excluding carboxylic acids is 2. The lowest BCUT2D eigenvalue weighted by Gasteiger charge is -2.73. The number of aliphatic hydroxyl groups excluding tert-OH is 1. The number of nitrogen functional groups attached to an aromatic ring is 1. The summed E-state index contributed by atoms with van der Waals surface area (Å²) in [7, 11) is 1.92. The van der Waals surface area contributed by atoms with Crippen LogP contribution in [0.5, 0.6) is 5.75 Å². The Kier molecular flexibility index (Phi) is 10.7. The van der Waals surface area contributed by atoms with Gasteiger partial charge in [0, 0.05) is 41.6 Å². The van der Waals surface area contributed by atoms with E-state index in [2.05, 4.69) is 70.4 Å². The van der Waals surface area contributed by atoms with Gasteiger partial charge in [0.05, 0.1) is 22.7 Å². The van der Waals surface area contributed by atoms with Crippen LogP contribution < -0.4 is 16.4 Å². The number of allylic oxidation sites excluding steroid dienone is 2. The molecule has 15 atom stereocenters. The molecule has 9 nitrogen and oxygen atoms in total. The molecule has 0 unspecified atom stereocenters. The lowest BCUT2D eigenvalue weighted by Crippen LogP contribution is -2.75. The molecule has 0 amide bonds. The fraction of sp³-hybridized carbons (Fsp3) is 0.714. The molecule has 0 radical (unpaired) electrons. The van der Waals surface area contributed by atoms with Gasteiger partial charge >= 0.3 is 0 Å². The van der Waals surface area contributed by atoms with Gasteiger partial charge in [-0.05, 0) is 178 Å². The average molecular weight is 890 g/mol. The predicted molar refractivity (Wildman–Crippen MR) is 255 cm³/mol. The summed E-state index contributed by atoms with van der Waals surface area (Å²) in [5.41, 5.74) is 8.26. The van der Waals surface area contributed by atoms with Crippen LogP contribution in [0.3, 0.4) is 0 Å². The van der Waals surface area contributed by atoms with E-state index in [-0.39, 0.29) is 46.2 Å². The minimum atomic E-state index is -0.889. The summed E-state index contributed by atoms with van der Waals surface area (Å²) in [5, 5.41) is 42.7. The molecule has 8 fully saturated rings. The first-order chi connectivity index (χ1) is 30.6. The van der Waals surface area contributed by atoms with Gasteiger partial charge in [0.25, 0.3) is 0 Å². The van der Waals surface area contributed by atoms with Crippen molar-refractivity contribution in [3.05, 3.63) is 70.3 Å². The summed E-state index contributed by atoms with van der Waals surface area (Å²) in [5.74, 6) is 1.59. The van der Waals surface area contributed by atoms with Crippen molar-refractivity contribution >= 4 is 17.3 Å². The fourth-order valence-electron chi connectivity index (χ4n) is 18.4. The van der Waals surface area contributed by atoms with Crippen LogP contribution in [0.4, 0.5) is 5.69 Å². The number of hydrogen-bond acceptors (Lipinski definition) is 9. The number of ketones is 2. The lowest BCUT2D eigenvalue weighted by molar-refractivity contribution is -0.218. The summed E-state index contributed by atoms with van der Waals surface area (Å²) in [4.78, 5) is 30.8. The molecule has 6 saturated carbocycles. The molecule has 2 aromatic rings. The van der Waals surface area contributed by atoms with Crippen LogP contribution >= 0.6 is 0 Å². The number of carbonyl (C=O) groups is 2. The third kappa shape index (κ3) is 6.61. The molecule has 65 heavy (non-hydrogen) atoms. The second-order valence-corrected chi connectivity index (χ2v) is 24.8. The quantitative estimate of drug-likeness (QED) is 0.107. The maximum absolute atomic E-state index is 15.9. The van der Waals surface area contributed by atoms with Crippen LogP contribution in [-0.4, -0.2) is 69.4 Å². The van der Waals surface area contributed by atoms with Gasteiger partial charge in [0.2, 0.25) is 0 Å². The van der Waals surface area contributed by atoms with Gasteiger partial charge in [-0.15, -0.1) is 0 Å². The minimum absolute atomic E-state index is 0.0398. The van der Waals surface area contributed by atoms with E-state index < -0.39 is 39.1 Å². The van der Waals surface area contributed by atoms with Crippen LogP contribution in [0.25, 0.3) is 0 Å². The summed E-state index contributed by atoms with van der Waals surface area (Å²) < 4.78 is 6.55. The fourth-order valence-corrected chi connectivity index (χ4v) is 18.4. The SMILES string of the molecule is CNCc1cc(O)cc([C@]23CC[C@]45C[C@@]6(C)[C@H](CCC7=C([C@H](C)C[C@@H](O)[C@H]8O[C@]8(C)[C@@H]8CCC[C@H]8c8cccc(N)c8)C(=O)C[C@@]76C)[C@](C)(C2)[C@@H]4[C@@](C)(CCCC[C@](C)(O)CN5)C3=O)c1. The molecule has 0 spiro atoms. The van der Waals surface area contributed by atoms with Crippen LogP contribution in [0.2, 0.25) is 0 Å². The van der Waals surface area contributed by atoms with Gasteiger partial charge in [0.15, 0.2) is 5.78 Å². The van der Waals surface area contributed by atoms with E-state index in [0.29, 0.717) is 62.8 Å². The maximum Gasteiger partial charge on any atom is 0.159 e. The summed E-state index contributed by atoms with van der Waals surface area (Å²) in [6, 6.07) is 14.2. The first-order valence-corrected chi connectivity index (χ1v) is 25.6. The molecular weight excluding hydrogens is 811 g/mol. The number of nitrogens with two attached hydrogens (primary N) is 1. The van der Waals surface area contributed by atoms with Gasteiger partial charge in [-0.25, -0.2) is 0 Å². The number of aromatic hydroxyl groups is 1. The molecule has 2 aromatic carbocycles. The number of phenolic OH excluding ortho intramolecular Hbond substituents is 1. The number of epoxide rings is 1. The monoisotopic (exact) mass is 890 g/mol. The zero-order valence-electron chi connectivity index (χ0n) is 40.7. The Morgan fingerprint density at radius 1 is 0.938 bits per heavy atom. The van der Waals surface area contributed by atoms with Crippen molar-refractivity contribution in [2.24, 2.45) is 45.3 Å². The van der Waals surface area contributed by atoms with E-state index in [1.54, 1.807) is 0 Å². The number of Topliss-reactive ketones (excluding diaryl/α,β-unsaturated/α-hetero) is 2. The third-order valence-corrected chi connectivity index (χ3v) is 20.8. The smallest absolute Gasteiger partial charge is 0.159 e. The molecule has 11 rings (SSSR count). The Hall–Kier alpha value is -3.08. The van der Waals surface area contributed by atoms with Crippen LogP contribution in [0.15, 0.2) is 53.6 Å². The van der Waals surface area contributed by atoms with Gasteiger partial charge in [-0.2, -0.15) is 0 Å². The number of rotatable bonds is 9. The molecule has 0 aromatic heterocycles. The molecule has 2 saturated heterocycles. The highest BCUT2D eigenvalue weighted by Gasteiger charge is 2.79. The largest absolute Gasteiger partial charge is 0.508 e. The standard InChI is InChI=1S/C56H79N3O6/c1-33(23-42(61)46-54(7,65-46)40-16-12-15-39(40)35-13-11-14-37(57)26-35)45-41-17-18-44-51(4)30-55(36-24-34(29-58-8)25-38(60)27-36)21-22-56(31-53(44,6)52(41,5)28-43(45)62)47(51)50(3,48(55)63)20-10-9-19-49(2,64)32-59-56/h11,13-14,24-27,33,39-40,42,44,46-47,58-61,64H,9-10,12,15-23,28-32,57H2,1-8H3/t33-,39+,40-,42-,44-,46-,47+,49+,50-,51+,52+,53+,54-,55+,56+/m1/s1. The Labute approximate surface area is 388 Å². The Morgan fingerprint density at radius 2 is 1.71 bits per heavy atom. The van der Waals surface area contributed by atoms with Crippen LogP contribution in [0, 0.1) is 45.3 Å². The van der Waals surface area contributed by atoms with Crippen molar-refractivity contribution < 1.29 is 29.6 Å². The highest BCUT2D eigenvalue weighted by molar-refractivity contribution is 6.01. The van der Waals surface area contributed by atoms with Gasteiger partial charge in [-0.1, -0.05) is 77.7 Å². The highest BCUT2D eigenvalue weighted by Crippen LogP contribution is 2.80. The minimum Gasteiger partial charge on any atom is -0.508 e. The summed E-state index contributed by atoms with van der Waals surface area (Å²) in [6.07, 6.45) is 11.2. The predicted octanol–water partition coefficient (Wildman–Crippen LogP) is 9.20. The van der Waals surface area contributed by atoms with Crippen molar-refractivity contribution in [3.8, 4) is 5.75 Å². The number of phenols is 1. The number of nitrogens with one attached hydrogen (secondary N) is 2. The highest BCUT2D eigenvalue weighted by atomic mass is 16.6. The van der Waals surface area contributed by atoms with E-state index in [4.69, 9.17) is 10.5 Å². The molecule has 9 aliphatic rings. The summed E-state index contributed by atoms with van der Waals surface area (Å²) >= 11 is 0. The number of aliphatic hydroxyl groups is 2.